The van der Waals surface area contributed by atoms with Crippen molar-refractivity contribution in [2.75, 3.05) is 13.1 Å². The Morgan fingerprint density at radius 2 is 2.55 bits per heavy atom. The average Bonchev–Trinajstić information content (AvgIpc) is 2.39. The van der Waals surface area contributed by atoms with E-state index in [1.165, 1.54) is 12.8 Å². The lowest BCUT2D eigenvalue weighted by Crippen LogP contribution is -2.29. The van der Waals surface area contributed by atoms with Gasteiger partial charge in [-0.1, -0.05) is 0 Å². The molecular weight excluding hydrogens is 140 g/mol. The second kappa shape index (κ2) is 4.34. The maximum Gasteiger partial charge on any atom is 0.216 e. The molecule has 0 aliphatic carbocycles. The van der Waals surface area contributed by atoms with E-state index in [1.807, 2.05) is 0 Å². The van der Waals surface area contributed by atoms with Crippen molar-refractivity contribution in [3.63, 3.8) is 0 Å². The average molecular weight is 156 g/mol. The van der Waals surface area contributed by atoms with Gasteiger partial charge in [0, 0.05) is 19.5 Å². The fourth-order valence-electron chi connectivity index (χ4n) is 1.43. The largest absolute Gasteiger partial charge is 0.356 e. The van der Waals surface area contributed by atoms with Gasteiger partial charge in [0.05, 0.1) is 0 Å². The molecule has 1 saturated heterocycles. The first-order valence-corrected chi connectivity index (χ1v) is 4.27. The van der Waals surface area contributed by atoms with Gasteiger partial charge in [0.25, 0.3) is 0 Å². The zero-order valence-corrected chi connectivity index (χ0v) is 7.02. The summed E-state index contributed by atoms with van der Waals surface area (Å²) in [6.07, 6.45) is 3.61. The molecule has 1 aliphatic heterocycles. The second-order valence-corrected chi connectivity index (χ2v) is 3.06. The summed E-state index contributed by atoms with van der Waals surface area (Å²) in [5, 5.41) is 6.17. The Morgan fingerprint density at radius 3 is 3.09 bits per heavy atom. The molecule has 0 spiro atoms. The van der Waals surface area contributed by atoms with Gasteiger partial charge in [0.1, 0.15) is 0 Å². The van der Waals surface area contributed by atoms with Crippen molar-refractivity contribution < 1.29 is 4.79 Å². The molecule has 1 atom stereocenters. The summed E-state index contributed by atoms with van der Waals surface area (Å²) in [5.74, 6) is 0.0722. The SMILES string of the molecule is CC(=O)NCC[C@H]1CCCN1. The maximum atomic E-state index is 10.5. The van der Waals surface area contributed by atoms with Gasteiger partial charge in [-0.05, 0) is 25.8 Å². The Balaban J connectivity index is 1.98. The van der Waals surface area contributed by atoms with Crippen LogP contribution in [0.25, 0.3) is 0 Å². The molecule has 11 heavy (non-hydrogen) atoms. The molecule has 0 bridgehead atoms. The highest BCUT2D eigenvalue weighted by molar-refractivity contribution is 5.72. The van der Waals surface area contributed by atoms with Gasteiger partial charge in [-0.15, -0.1) is 0 Å². The number of amides is 1. The molecule has 1 fully saturated rings. The van der Waals surface area contributed by atoms with E-state index in [2.05, 4.69) is 10.6 Å². The zero-order valence-electron chi connectivity index (χ0n) is 7.02. The van der Waals surface area contributed by atoms with E-state index < -0.39 is 0 Å². The van der Waals surface area contributed by atoms with Crippen LogP contribution < -0.4 is 10.6 Å². The number of carbonyl (C=O) groups is 1. The van der Waals surface area contributed by atoms with Gasteiger partial charge in [-0.2, -0.15) is 0 Å². The number of hydrogen-bond acceptors (Lipinski definition) is 2. The lowest BCUT2D eigenvalue weighted by atomic mass is 10.1. The first-order chi connectivity index (χ1) is 5.29. The smallest absolute Gasteiger partial charge is 0.216 e. The molecule has 0 saturated carbocycles. The third-order valence-corrected chi connectivity index (χ3v) is 2.03. The molecule has 1 rings (SSSR count). The third kappa shape index (κ3) is 3.37. The van der Waals surface area contributed by atoms with Gasteiger partial charge in [0.15, 0.2) is 0 Å². The molecule has 3 nitrogen and oxygen atoms in total. The molecule has 0 aromatic rings. The van der Waals surface area contributed by atoms with Crippen LogP contribution in [0.3, 0.4) is 0 Å². The van der Waals surface area contributed by atoms with Crippen molar-refractivity contribution in [2.45, 2.75) is 32.2 Å². The van der Waals surface area contributed by atoms with Crippen LogP contribution in [0.2, 0.25) is 0 Å². The summed E-state index contributed by atoms with van der Waals surface area (Å²) in [5.41, 5.74) is 0. The van der Waals surface area contributed by atoms with Crippen molar-refractivity contribution in [1.29, 1.82) is 0 Å². The topological polar surface area (TPSA) is 41.1 Å². The summed E-state index contributed by atoms with van der Waals surface area (Å²) in [6, 6.07) is 0.641. The Labute approximate surface area is 67.5 Å². The normalized spacial score (nSPS) is 23.5. The minimum Gasteiger partial charge on any atom is -0.356 e. The minimum absolute atomic E-state index is 0.0722. The lowest BCUT2D eigenvalue weighted by molar-refractivity contribution is -0.118. The van der Waals surface area contributed by atoms with E-state index in [9.17, 15) is 4.79 Å². The quantitative estimate of drug-likeness (QED) is 0.615. The Bertz CT molecular complexity index is 130. The van der Waals surface area contributed by atoms with Crippen LogP contribution in [0.15, 0.2) is 0 Å². The molecule has 0 radical (unpaired) electrons. The molecule has 0 aromatic carbocycles. The molecule has 1 heterocycles. The number of nitrogens with one attached hydrogen (secondary N) is 2. The minimum atomic E-state index is 0.0722. The first-order valence-electron chi connectivity index (χ1n) is 4.27. The summed E-state index contributed by atoms with van der Waals surface area (Å²) >= 11 is 0. The zero-order chi connectivity index (χ0) is 8.10. The van der Waals surface area contributed by atoms with Crippen LogP contribution in [0.1, 0.15) is 26.2 Å². The molecule has 0 aromatic heterocycles. The third-order valence-electron chi connectivity index (χ3n) is 2.03. The van der Waals surface area contributed by atoms with Crippen LogP contribution in [0.5, 0.6) is 0 Å². The highest BCUT2D eigenvalue weighted by atomic mass is 16.1. The van der Waals surface area contributed by atoms with E-state index in [0.29, 0.717) is 6.04 Å². The van der Waals surface area contributed by atoms with Gasteiger partial charge in [-0.3, -0.25) is 4.79 Å². The van der Waals surface area contributed by atoms with Crippen LogP contribution in [-0.2, 0) is 4.79 Å². The van der Waals surface area contributed by atoms with E-state index >= 15 is 0 Å². The van der Waals surface area contributed by atoms with Gasteiger partial charge in [-0.25, -0.2) is 0 Å². The molecule has 1 amide bonds. The second-order valence-electron chi connectivity index (χ2n) is 3.06. The van der Waals surface area contributed by atoms with E-state index in [0.717, 1.165) is 19.5 Å². The van der Waals surface area contributed by atoms with E-state index in [4.69, 9.17) is 0 Å². The summed E-state index contributed by atoms with van der Waals surface area (Å²) in [4.78, 5) is 10.5. The predicted octanol–water partition coefficient (Wildman–Crippen LogP) is 0.265. The van der Waals surface area contributed by atoms with Crippen molar-refractivity contribution in [1.82, 2.24) is 10.6 Å². The summed E-state index contributed by atoms with van der Waals surface area (Å²) < 4.78 is 0. The van der Waals surface area contributed by atoms with Gasteiger partial charge in [0.2, 0.25) is 5.91 Å². The monoisotopic (exact) mass is 156 g/mol. The van der Waals surface area contributed by atoms with Crippen LogP contribution in [0, 0.1) is 0 Å². The van der Waals surface area contributed by atoms with Crippen molar-refractivity contribution in [3.05, 3.63) is 0 Å². The highest BCUT2D eigenvalue weighted by Gasteiger charge is 2.12. The molecule has 1 aliphatic rings. The van der Waals surface area contributed by atoms with Crippen LogP contribution >= 0.6 is 0 Å². The number of rotatable bonds is 3. The molecule has 64 valence electrons. The Hall–Kier alpha value is -0.570. The van der Waals surface area contributed by atoms with E-state index in [-0.39, 0.29) is 5.91 Å². The maximum absolute atomic E-state index is 10.5. The highest BCUT2D eigenvalue weighted by Crippen LogP contribution is 2.07. The standard InChI is InChI=1S/C8H16N2O/c1-7(11)9-6-4-8-3-2-5-10-8/h8,10H,2-6H2,1H3,(H,9,11)/t8-/m1/s1. The predicted molar refractivity (Wildman–Crippen MR) is 44.3 cm³/mol. The van der Waals surface area contributed by atoms with Crippen LogP contribution in [-0.4, -0.2) is 25.0 Å². The summed E-state index contributed by atoms with van der Waals surface area (Å²) in [6.45, 7) is 3.51. The van der Waals surface area contributed by atoms with Crippen molar-refractivity contribution in [2.24, 2.45) is 0 Å². The Kier molecular flexibility index (Phi) is 3.36. The first kappa shape index (κ1) is 8.53. The fourth-order valence-corrected chi connectivity index (χ4v) is 1.43. The van der Waals surface area contributed by atoms with Crippen molar-refractivity contribution in [3.8, 4) is 0 Å². The van der Waals surface area contributed by atoms with Crippen LogP contribution in [0.4, 0.5) is 0 Å². The van der Waals surface area contributed by atoms with E-state index in [1.54, 1.807) is 6.92 Å². The number of hydrogen-bond donors (Lipinski definition) is 2. The molecule has 2 N–H and O–H groups in total. The Morgan fingerprint density at radius 1 is 1.73 bits per heavy atom. The number of carbonyl (C=O) groups excluding carboxylic acids is 1. The fraction of sp³-hybridized carbons (Fsp3) is 0.875. The van der Waals surface area contributed by atoms with Crippen molar-refractivity contribution >= 4 is 5.91 Å². The van der Waals surface area contributed by atoms with Gasteiger partial charge < -0.3 is 10.6 Å². The molecule has 3 heteroatoms. The molecule has 0 unspecified atom stereocenters. The molecular formula is C8H16N2O. The van der Waals surface area contributed by atoms with Gasteiger partial charge >= 0.3 is 0 Å². The lowest BCUT2D eigenvalue weighted by Gasteiger charge is -2.09. The summed E-state index contributed by atoms with van der Waals surface area (Å²) in [7, 11) is 0.